The second kappa shape index (κ2) is 37.3. The maximum atomic E-state index is 12.7. The van der Waals surface area contributed by atoms with E-state index in [2.05, 4.69) is 26.0 Å². The number of phosphoric acid groups is 1. The largest absolute Gasteiger partial charge is 0.756 e. The van der Waals surface area contributed by atoms with Gasteiger partial charge in [-0.25, -0.2) is 0 Å². The van der Waals surface area contributed by atoms with Crippen LogP contribution >= 0.6 is 7.82 Å². The maximum Gasteiger partial charge on any atom is 0.306 e. The number of rotatable bonds is 41. The predicted octanol–water partition coefficient (Wildman–Crippen LogP) is 11.9. The van der Waals surface area contributed by atoms with Crippen molar-refractivity contribution >= 4 is 19.8 Å². The quantitative estimate of drug-likeness (QED) is 0.0198. The molecular formula is C44H86NO8P. The van der Waals surface area contributed by atoms with E-state index in [-0.39, 0.29) is 32.0 Å². The number of hydrogen-bond donors (Lipinski definition) is 0. The van der Waals surface area contributed by atoms with Gasteiger partial charge in [-0.05, 0) is 38.5 Å². The van der Waals surface area contributed by atoms with Crippen LogP contribution in [0.1, 0.15) is 206 Å². The third kappa shape index (κ3) is 40.4. The van der Waals surface area contributed by atoms with Crippen molar-refractivity contribution in [1.29, 1.82) is 0 Å². The van der Waals surface area contributed by atoms with Gasteiger partial charge in [-0.2, -0.15) is 0 Å². The third-order valence-corrected chi connectivity index (χ3v) is 10.7. The number of ether oxygens (including phenoxy) is 2. The summed E-state index contributed by atoms with van der Waals surface area (Å²) < 4.78 is 33.9. The van der Waals surface area contributed by atoms with E-state index in [1.807, 2.05) is 21.1 Å². The van der Waals surface area contributed by atoms with Crippen molar-refractivity contribution in [3.8, 4) is 0 Å². The normalized spacial score (nSPS) is 13.7. The SMILES string of the molecule is CCCCCCCCCC/C=C\CCCCCCCCCC(=O)O[C@H](COC(=O)CCCCCCCCCCCCC)COP(=O)([O-])OCC[N+](C)(C)C. The fourth-order valence-corrected chi connectivity index (χ4v) is 6.97. The summed E-state index contributed by atoms with van der Waals surface area (Å²) in [6.45, 7) is 4.23. The number of nitrogens with zero attached hydrogens (tertiary/aromatic N) is 1. The molecule has 0 spiro atoms. The van der Waals surface area contributed by atoms with Crippen molar-refractivity contribution in [3.63, 3.8) is 0 Å². The molecule has 9 nitrogen and oxygen atoms in total. The van der Waals surface area contributed by atoms with Crippen molar-refractivity contribution in [2.75, 3.05) is 47.5 Å². The molecule has 2 atom stereocenters. The molecule has 0 aliphatic heterocycles. The van der Waals surface area contributed by atoms with Crippen molar-refractivity contribution in [2.45, 2.75) is 213 Å². The Morgan fingerprint density at radius 3 is 1.37 bits per heavy atom. The number of quaternary nitrogens is 1. The lowest BCUT2D eigenvalue weighted by Crippen LogP contribution is -2.37. The first-order chi connectivity index (χ1) is 26.0. The van der Waals surface area contributed by atoms with Gasteiger partial charge in [0.25, 0.3) is 7.82 Å². The standard InChI is InChI=1S/C44H86NO8P/c1-6-8-10-12-14-16-18-19-20-21-22-23-24-25-27-29-31-33-35-37-44(47)53-42(41-52-54(48,49)51-39-38-45(3,4)5)40-50-43(46)36-34-32-30-28-26-17-15-13-11-9-7-2/h21-22,42H,6-20,23-41H2,1-5H3/b22-21-/t42-/m1/s1. The molecule has 0 fully saturated rings. The zero-order valence-electron chi connectivity index (χ0n) is 35.9. The van der Waals surface area contributed by atoms with Gasteiger partial charge in [-0.15, -0.1) is 0 Å². The van der Waals surface area contributed by atoms with Gasteiger partial charge >= 0.3 is 11.9 Å². The van der Waals surface area contributed by atoms with E-state index in [9.17, 15) is 19.0 Å². The van der Waals surface area contributed by atoms with E-state index >= 15 is 0 Å². The summed E-state index contributed by atoms with van der Waals surface area (Å²) >= 11 is 0. The molecule has 0 bridgehead atoms. The number of unbranched alkanes of at least 4 members (excludes halogenated alkanes) is 25. The molecule has 1 unspecified atom stereocenters. The molecule has 0 N–H and O–H groups in total. The van der Waals surface area contributed by atoms with Crippen molar-refractivity contribution in [1.82, 2.24) is 0 Å². The van der Waals surface area contributed by atoms with E-state index in [4.69, 9.17) is 18.5 Å². The number of esters is 2. The molecule has 10 heteroatoms. The third-order valence-electron chi connectivity index (χ3n) is 9.79. The van der Waals surface area contributed by atoms with Gasteiger partial charge in [0.05, 0.1) is 27.7 Å². The monoisotopic (exact) mass is 788 g/mol. The number of likely N-dealkylation sites (N-methyl/N-ethyl adjacent to an activating group) is 1. The summed E-state index contributed by atoms with van der Waals surface area (Å²) in [5, 5.41) is 0. The Morgan fingerprint density at radius 1 is 0.556 bits per heavy atom. The molecule has 0 aromatic heterocycles. The average Bonchev–Trinajstić information content (AvgIpc) is 3.12. The lowest BCUT2D eigenvalue weighted by Gasteiger charge is -2.28. The van der Waals surface area contributed by atoms with E-state index in [0.717, 1.165) is 44.9 Å². The summed E-state index contributed by atoms with van der Waals surface area (Å²) in [4.78, 5) is 37.5. The highest BCUT2D eigenvalue weighted by Crippen LogP contribution is 2.38. The molecular weight excluding hydrogens is 701 g/mol. The number of carbonyl (C=O) groups excluding carboxylic acids is 2. The second-order valence-electron chi connectivity index (χ2n) is 16.4. The fraction of sp³-hybridized carbons (Fsp3) is 0.909. The van der Waals surface area contributed by atoms with Crippen LogP contribution in [0.3, 0.4) is 0 Å². The molecule has 54 heavy (non-hydrogen) atoms. The summed E-state index contributed by atoms with van der Waals surface area (Å²) in [6.07, 6.45) is 38.1. The zero-order chi connectivity index (χ0) is 40.0. The highest BCUT2D eigenvalue weighted by Gasteiger charge is 2.21. The minimum atomic E-state index is -4.62. The highest BCUT2D eigenvalue weighted by atomic mass is 31.2. The molecule has 320 valence electrons. The first-order valence-electron chi connectivity index (χ1n) is 22.4. The molecule has 0 aromatic carbocycles. The summed E-state index contributed by atoms with van der Waals surface area (Å²) in [6, 6.07) is 0. The van der Waals surface area contributed by atoms with Crippen LogP contribution in [0.4, 0.5) is 0 Å². The van der Waals surface area contributed by atoms with E-state index in [1.165, 1.54) is 128 Å². The Bertz CT molecular complexity index is 938. The van der Waals surface area contributed by atoms with Gasteiger partial charge in [0.1, 0.15) is 19.8 Å². The molecule has 0 amide bonds. The van der Waals surface area contributed by atoms with E-state index in [0.29, 0.717) is 17.4 Å². The van der Waals surface area contributed by atoms with Crippen LogP contribution in [-0.2, 0) is 32.7 Å². The summed E-state index contributed by atoms with van der Waals surface area (Å²) in [5.41, 5.74) is 0. The molecule has 0 saturated heterocycles. The Kier molecular flexibility index (Phi) is 36.5. The lowest BCUT2D eigenvalue weighted by molar-refractivity contribution is -0.870. The molecule has 0 heterocycles. The van der Waals surface area contributed by atoms with Gasteiger partial charge in [0, 0.05) is 12.8 Å². The van der Waals surface area contributed by atoms with Crippen molar-refractivity contribution in [2.24, 2.45) is 0 Å². The van der Waals surface area contributed by atoms with E-state index < -0.39 is 26.5 Å². The van der Waals surface area contributed by atoms with Crippen LogP contribution < -0.4 is 4.89 Å². The first-order valence-corrected chi connectivity index (χ1v) is 23.9. The average molecular weight is 788 g/mol. The van der Waals surface area contributed by atoms with Crippen LogP contribution in [0.25, 0.3) is 0 Å². The van der Waals surface area contributed by atoms with Crippen LogP contribution in [0.2, 0.25) is 0 Å². The minimum absolute atomic E-state index is 0.0286. The van der Waals surface area contributed by atoms with Crippen LogP contribution in [0.5, 0.6) is 0 Å². The van der Waals surface area contributed by atoms with Gasteiger partial charge in [0.2, 0.25) is 0 Å². The summed E-state index contributed by atoms with van der Waals surface area (Å²) in [7, 11) is 1.17. The molecule has 0 aromatic rings. The Morgan fingerprint density at radius 2 is 0.944 bits per heavy atom. The minimum Gasteiger partial charge on any atom is -0.756 e. The lowest BCUT2D eigenvalue weighted by atomic mass is 10.1. The molecule has 0 radical (unpaired) electrons. The number of hydrogen-bond acceptors (Lipinski definition) is 8. The Hall–Kier alpha value is -1.25. The number of allylic oxidation sites excluding steroid dienone is 2. The Labute approximate surface area is 333 Å². The van der Waals surface area contributed by atoms with Gasteiger partial charge < -0.3 is 27.9 Å². The van der Waals surface area contributed by atoms with Crippen LogP contribution in [0, 0.1) is 0 Å². The molecule has 0 rings (SSSR count). The van der Waals surface area contributed by atoms with Crippen LogP contribution in [-0.4, -0.2) is 70.0 Å². The predicted molar refractivity (Wildman–Crippen MR) is 222 cm³/mol. The first kappa shape index (κ1) is 52.8. The van der Waals surface area contributed by atoms with Crippen LogP contribution in [0.15, 0.2) is 12.2 Å². The maximum absolute atomic E-state index is 12.7. The zero-order valence-corrected chi connectivity index (χ0v) is 36.8. The molecule has 0 aliphatic carbocycles. The summed E-state index contributed by atoms with van der Waals surface area (Å²) in [5.74, 6) is -0.832. The molecule has 0 aliphatic rings. The van der Waals surface area contributed by atoms with Crippen molar-refractivity contribution in [3.05, 3.63) is 12.2 Å². The topological polar surface area (TPSA) is 111 Å². The smallest absolute Gasteiger partial charge is 0.306 e. The van der Waals surface area contributed by atoms with E-state index in [1.54, 1.807) is 0 Å². The van der Waals surface area contributed by atoms with Gasteiger partial charge in [-0.1, -0.05) is 167 Å². The molecule has 0 saturated carbocycles. The fourth-order valence-electron chi connectivity index (χ4n) is 6.24. The van der Waals surface area contributed by atoms with Crippen molar-refractivity contribution < 1.29 is 42.1 Å². The van der Waals surface area contributed by atoms with Gasteiger partial charge in [0.15, 0.2) is 6.10 Å². The number of carbonyl (C=O) groups is 2. The Balaban J connectivity index is 4.29. The second-order valence-corrected chi connectivity index (χ2v) is 17.8. The highest BCUT2D eigenvalue weighted by molar-refractivity contribution is 7.45. The number of phosphoric ester groups is 1. The van der Waals surface area contributed by atoms with Gasteiger partial charge in [-0.3, -0.25) is 14.2 Å².